The molecule has 0 unspecified atom stereocenters. The van der Waals surface area contributed by atoms with Crippen molar-refractivity contribution >= 4 is 11.3 Å². The van der Waals surface area contributed by atoms with Crippen LogP contribution in [0.3, 0.4) is 0 Å². The SMILES string of the molecule is c1csc(-c2cnn(C[C@H]3CCCCN3)c2)c1. The first-order valence-electron chi connectivity index (χ1n) is 6.21. The Labute approximate surface area is 105 Å². The molecule has 0 radical (unpaired) electrons. The molecule has 3 nitrogen and oxygen atoms in total. The van der Waals surface area contributed by atoms with E-state index in [0.717, 1.165) is 13.1 Å². The van der Waals surface area contributed by atoms with Gasteiger partial charge in [0, 0.05) is 22.7 Å². The van der Waals surface area contributed by atoms with Crippen molar-refractivity contribution in [1.82, 2.24) is 15.1 Å². The van der Waals surface area contributed by atoms with Gasteiger partial charge in [0.1, 0.15) is 0 Å². The average molecular weight is 247 g/mol. The molecular weight excluding hydrogens is 230 g/mol. The van der Waals surface area contributed by atoms with Crippen molar-refractivity contribution in [2.24, 2.45) is 0 Å². The Morgan fingerprint density at radius 2 is 2.47 bits per heavy atom. The Bertz CT molecular complexity index is 455. The summed E-state index contributed by atoms with van der Waals surface area (Å²) in [5, 5.41) is 10.1. The summed E-state index contributed by atoms with van der Waals surface area (Å²) < 4.78 is 2.07. The van der Waals surface area contributed by atoms with Gasteiger partial charge >= 0.3 is 0 Å². The Balaban J connectivity index is 1.68. The molecule has 0 spiro atoms. The zero-order valence-electron chi connectivity index (χ0n) is 9.80. The van der Waals surface area contributed by atoms with Gasteiger partial charge in [-0.1, -0.05) is 12.5 Å². The van der Waals surface area contributed by atoms with Crippen LogP contribution in [0.4, 0.5) is 0 Å². The summed E-state index contributed by atoms with van der Waals surface area (Å²) in [5.41, 5.74) is 1.23. The maximum Gasteiger partial charge on any atom is 0.0576 e. The fraction of sp³-hybridized carbons (Fsp3) is 0.462. The van der Waals surface area contributed by atoms with E-state index in [2.05, 4.69) is 38.8 Å². The first kappa shape index (κ1) is 11.0. The summed E-state index contributed by atoms with van der Waals surface area (Å²) in [5.74, 6) is 0. The molecule has 1 saturated heterocycles. The molecule has 1 fully saturated rings. The lowest BCUT2D eigenvalue weighted by atomic mass is 10.1. The van der Waals surface area contributed by atoms with Gasteiger partial charge in [-0.25, -0.2) is 0 Å². The first-order valence-corrected chi connectivity index (χ1v) is 7.09. The van der Waals surface area contributed by atoms with Gasteiger partial charge in [-0.15, -0.1) is 11.3 Å². The van der Waals surface area contributed by atoms with Crippen molar-refractivity contribution in [3.63, 3.8) is 0 Å². The number of hydrogen-bond acceptors (Lipinski definition) is 3. The number of piperidine rings is 1. The normalized spacial score (nSPS) is 20.6. The smallest absolute Gasteiger partial charge is 0.0576 e. The zero-order chi connectivity index (χ0) is 11.5. The number of nitrogens with one attached hydrogen (secondary N) is 1. The quantitative estimate of drug-likeness (QED) is 0.904. The van der Waals surface area contributed by atoms with Crippen LogP contribution in [0.25, 0.3) is 10.4 Å². The van der Waals surface area contributed by atoms with Gasteiger partial charge < -0.3 is 5.32 Å². The van der Waals surface area contributed by atoms with Crippen LogP contribution in [0.1, 0.15) is 19.3 Å². The Kier molecular flexibility index (Phi) is 3.25. The van der Waals surface area contributed by atoms with Crippen LogP contribution in [-0.4, -0.2) is 22.4 Å². The molecular formula is C13H17N3S. The monoisotopic (exact) mass is 247 g/mol. The van der Waals surface area contributed by atoms with E-state index in [0.29, 0.717) is 6.04 Å². The predicted molar refractivity (Wildman–Crippen MR) is 71.2 cm³/mol. The van der Waals surface area contributed by atoms with Crippen molar-refractivity contribution < 1.29 is 0 Å². The molecule has 0 bridgehead atoms. The van der Waals surface area contributed by atoms with Crippen LogP contribution in [0.15, 0.2) is 29.9 Å². The first-order chi connectivity index (χ1) is 8.42. The lowest BCUT2D eigenvalue weighted by Gasteiger charge is -2.23. The van der Waals surface area contributed by atoms with Crippen LogP contribution in [0.5, 0.6) is 0 Å². The number of rotatable bonds is 3. The number of aromatic nitrogens is 2. The van der Waals surface area contributed by atoms with Crippen molar-refractivity contribution in [2.45, 2.75) is 31.8 Å². The molecule has 4 heteroatoms. The Hall–Kier alpha value is -1.13. The number of hydrogen-bond donors (Lipinski definition) is 1. The summed E-state index contributed by atoms with van der Waals surface area (Å²) in [6, 6.07) is 4.82. The lowest BCUT2D eigenvalue weighted by Crippen LogP contribution is -2.37. The van der Waals surface area contributed by atoms with Gasteiger partial charge in [-0.3, -0.25) is 4.68 Å². The second-order valence-corrected chi connectivity index (χ2v) is 5.52. The summed E-state index contributed by atoms with van der Waals surface area (Å²) >= 11 is 1.77. The summed E-state index contributed by atoms with van der Waals surface area (Å²) in [4.78, 5) is 1.30. The van der Waals surface area contributed by atoms with Crippen LogP contribution in [0.2, 0.25) is 0 Å². The minimum Gasteiger partial charge on any atom is -0.312 e. The van der Waals surface area contributed by atoms with E-state index in [9.17, 15) is 0 Å². The second kappa shape index (κ2) is 5.02. The van der Waals surface area contributed by atoms with E-state index in [1.165, 1.54) is 29.7 Å². The molecule has 90 valence electrons. The molecule has 1 aliphatic rings. The third kappa shape index (κ3) is 2.58. The van der Waals surface area contributed by atoms with Gasteiger partial charge in [0.05, 0.1) is 12.7 Å². The molecule has 2 aromatic rings. The van der Waals surface area contributed by atoms with Crippen LogP contribution in [-0.2, 0) is 6.54 Å². The third-order valence-corrected chi connectivity index (χ3v) is 4.18. The lowest BCUT2D eigenvalue weighted by molar-refractivity contribution is 0.351. The van der Waals surface area contributed by atoms with Gasteiger partial charge in [-0.05, 0) is 30.8 Å². The average Bonchev–Trinajstić information content (AvgIpc) is 3.00. The molecule has 0 saturated carbocycles. The fourth-order valence-electron chi connectivity index (χ4n) is 2.34. The van der Waals surface area contributed by atoms with E-state index >= 15 is 0 Å². The summed E-state index contributed by atoms with van der Waals surface area (Å²) in [6.45, 7) is 2.15. The van der Waals surface area contributed by atoms with Gasteiger partial charge in [0.2, 0.25) is 0 Å². The maximum absolute atomic E-state index is 4.45. The van der Waals surface area contributed by atoms with Crippen LogP contribution in [0, 0.1) is 0 Å². The third-order valence-electron chi connectivity index (χ3n) is 3.26. The summed E-state index contributed by atoms with van der Waals surface area (Å²) in [6.07, 6.45) is 8.05. The van der Waals surface area contributed by atoms with E-state index < -0.39 is 0 Å². The number of nitrogens with zero attached hydrogens (tertiary/aromatic N) is 2. The highest BCUT2D eigenvalue weighted by Gasteiger charge is 2.13. The highest BCUT2D eigenvalue weighted by molar-refractivity contribution is 7.13. The molecule has 0 amide bonds. The Morgan fingerprint density at radius 3 is 3.24 bits per heavy atom. The largest absolute Gasteiger partial charge is 0.312 e. The number of thiophene rings is 1. The molecule has 0 aliphatic carbocycles. The van der Waals surface area contributed by atoms with Crippen LogP contribution >= 0.6 is 11.3 Å². The highest BCUT2D eigenvalue weighted by Crippen LogP contribution is 2.23. The molecule has 3 rings (SSSR count). The maximum atomic E-state index is 4.45. The molecule has 1 N–H and O–H groups in total. The molecule has 3 heterocycles. The summed E-state index contributed by atoms with van der Waals surface area (Å²) in [7, 11) is 0. The van der Waals surface area contributed by atoms with Gasteiger partial charge in [0.25, 0.3) is 0 Å². The van der Waals surface area contributed by atoms with E-state index in [4.69, 9.17) is 0 Å². The molecule has 0 aromatic carbocycles. The highest BCUT2D eigenvalue weighted by atomic mass is 32.1. The fourth-order valence-corrected chi connectivity index (χ4v) is 3.04. The molecule has 17 heavy (non-hydrogen) atoms. The van der Waals surface area contributed by atoms with Crippen molar-refractivity contribution in [3.8, 4) is 10.4 Å². The van der Waals surface area contributed by atoms with E-state index in [-0.39, 0.29) is 0 Å². The molecule has 1 atom stereocenters. The minimum absolute atomic E-state index is 0.597. The molecule has 1 aliphatic heterocycles. The van der Waals surface area contributed by atoms with Gasteiger partial charge in [0.15, 0.2) is 0 Å². The predicted octanol–water partition coefficient (Wildman–Crippen LogP) is 2.75. The van der Waals surface area contributed by atoms with Crippen molar-refractivity contribution in [1.29, 1.82) is 0 Å². The van der Waals surface area contributed by atoms with E-state index in [1.807, 2.05) is 6.20 Å². The standard InChI is InChI=1S/C13H17N3S/c1-2-6-14-12(4-1)10-16-9-11(8-15-16)13-5-3-7-17-13/h3,5,7-9,12,14H,1-2,4,6,10H2/t12-/m1/s1. The van der Waals surface area contributed by atoms with Gasteiger partial charge in [-0.2, -0.15) is 5.10 Å². The molecule has 2 aromatic heterocycles. The van der Waals surface area contributed by atoms with E-state index in [1.54, 1.807) is 11.3 Å². The van der Waals surface area contributed by atoms with Crippen LogP contribution < -0.4 is 5.32 Å². The topological polar surface area (TPSA) is 29.9 Å². The van der Waals surface area contributed by atoms with Crippen molar-refractivity contribution in [2.75, 3.05) is 6.54 Å². The second-order valence-electron chi connectivity index (χ2n) is 4.58. The minimum atomic E-state index is 0.597. The Morgan fingerprint density at radius 1 is 1.47 bits per heavy atom. The zero-order valence-corrected chi connectivity index (χ0v) is 10.6. The van der Waals surface area contributed by atoms with Crippen molar-refractivity contribution in [3.05, 3.63) is 29.9 Å².